The summed E-state index contributed by atoms with van der Waals surface area (Å²) in [6, 6.07) is 20.2. The second kappa shape index (κ2) is 8.71. The van der Waals surface area contributed by atoms with E-state index in [0.717, 1.165) is 71.7 Å². The van der Waals surface area contributed by atoms with E-state index in [4.69, 9.17) is 26.1 Å². The van der Waals surface area contributed by atoms with E-state index in [9.17, 15) is 0 Å². The van der Waals surface area contributed by atoms with Crippen molar-refractivity contribution in [2.24, 2.45) is 0 Å². The van der Waals surface area contributed by atoms with E-state index >= 15 is 0 Å². The van der Waals surface area contributed by atoms with Crippen LogP contribution in [-0.2, 0) is 11.3 Å². The van der Waals surface area contributed by atoms with E-state index in [2.05, 4.69) is 39.8 Å². The van der Waals surface area contributed by atoms with Gasteiger partial charge in [-0.2, -0.15) is 0 Å². The third-order valence-electron chi connectivity index (χ3n) is 5.72. The van der Waals surface area contributed by atoms with Crippen LogP contribution < -0.4 is 4.74 Å². The number of hydrogen-bond acceptors (Lipinski definition) is 4. The molecule has 2 aromatic carbocycles. The second-order valence-corrected chi connectivity index (χ2v) is 8.12. The Hall–Kier alpha value is -2.86. The molecule has 4 aromatic rings. The molecule has 0 radical (unpaired) electrons. The number of halogens is 1. The lowest BCUT2D eigenvalue weighted by atomic mass is 10.1. The first-order valence-electron chi connectivity index (χ1n) is 10.4. The lowest BCUT2D eigenvalue weighted by Gasteiger charge is -2.26. The maximum absolute atomic E-state index is 6.13. The van der Waals surface area contributed by atoms with Crippen LogP contribution in [-0.4, -0.2) is 47.7 Å². The summed E-state index contributed by atoms with van der Waals surface area (Å²) in [5.41, 5.74) is 6.39. The molecule has 0 spiro atoms. The minimum absolute atomic E-state index is 0.725. The van der Waals surface area contributed by atoms with Crippen LogP contribution in [0.25, 0.3) is 28.0 Å². The first kappa shape index (κ1) is 20.1. The Balaban J connectivity index is 1.63. The summed E-state index contributed by atoms with van der Waals surface area (Å²) >= 11 is 6.13. The number of pyridine rings is 1. The molecule has 0 aliphatic carbocycles. The van der Waals surface area contributed by atoms with E-state index in [-0.39, 0.29) is 0 Å². The molecular formula is C25H24ClN3O2. The molecule has 0 saturated carbocycles. The molecule has 6 heteroatoms. The molecule has 5 nitrogen and oxygen atoms in total. The largest absolute Gasteiger partial charge is 0.497 e. The topological polar surface area (TPSA) is 39.0 Å². The number of morpholine rings is 1. The summed E-state index contributed by atoms with van der Waals surface area (Å²) in [5.74, 6) is 0.846. The molecular weight excluding hydrogens is 410 g/mol. The first-order valence-corrected chi connectivity index (χ1v) is 10.8. The minimum atomic E-state index is 0.725. The van der Waals surface area contributed by atoms with Gasteiger partial charge in [0.15, 0.2) is 0 Å². The molecule has 1 aliphatic heterocycles. The van der Waals surface area contributed by atoms with Crippen LogP contribution in [0.5, 0.6) is 5.75 Å². The van der Waals surface area contributed by atoms with Gasteiger partial charge in [0, 0.05) is 36.4 Å². The van der Waals surface area contributed by atoms with Crippen molar-refractivity contribution in [1.82, 2.24) is 14.3 Å². The summed E-state index contributed by atoms with van der Waals surface area (Å²) in [7, 11) is 1.69. The van der Waals surface area contributed by atoms with Gasteiger partial charge < -0.3 is 13.9 Å². The molecule has 0 amide bonds. The second-order valence-electron chi connectivity index (χ2n) is 7.68. The Morgan fingerprint density at radius 1 is 0.968 bits per heavy atom. The van der Waals surface area contributed by atoms with E-state index in [0.29, 0.717) is 0 Å². The summed E-state index contributed by atoms with van der Waals surface area (Å²) in [6.45, 7) is 4.18. The molecule has 1 fully saturated rings. The van der Waals surface area contributed by atoms with Crippen molar-refractivity contribution in [3.05, 3.63) is 77.6 Å². The molecule has 0 atom stereocenters. The standard InChI is InChI=1S/C25H24ClN3O2/c1-30-22-4-2-3-19(15-22)20-7-10-24-27-25(18-5-8-21(26)9-6-18)23(29(24)16-20)17-28-11-13-31-14-12-28/h2-10,15-16H,11-14,17H2,1H3. The van der Waals surface area contributed by atoms with Crippen molar-refractivity contribution in [3.63, 3.8) is 0 Å². The fraction of sp³-hybridized carbons (Fsp3) is 0.240. The van der Waals surface area contributed by atoms with Gasteiger partial charge in [-0.1, -0.05) is 35.9 Å². The van der Waals surface area contributed by atoms with Crippen LogP contribution in [0, 0.1) is 0 Å². The van der Waals surface area contributed by atoms with Crippen LogP contribution >= 0.6 is 11.6 Å². The Labute approximate surface area is 186 Å². The number of ether oxygens (including phenoxy) is 2. The Kier molecular flexibility index (Phi) is 5.64. The van der Waals surface area contributed by atoms with Crippen molar-refractivity contribution in [2.45, 2.75) is 6.54 Å². The zero-order valence-corrected chi connectivity index (χ0v) is 18.2. The highest BCUT2D eigenvalue weighted by atomic mass is 35.5. The summed E-state index contributed by atoms with van der Waals surface area (Å²) < 4.78 is 13.2. The molecule has 0 N–H and O–H groups in total. The highest BCUT2D eigenvalue weighted by Gasteiger charge is 2.19. The van der Waals surface area contributed by atoms with Crippen molar-refractivity contribution < 1.29 is 9.47 Å². The summed E-state index contributed by atoms with van der Waals surface area (Å²) in [4.78, 5) is 7.41. The Morgan fingerprint density at radius 2 is 1.74 bits per heavy atom. The van der Waals surface area contributed by atoms with Gasteiger partial charge in [-0.05, 0) is 47.5 Å². The maximum Gasteiger partial charge on any atom is 0.137 e. The molecule has 31 heavy (non-hydrogen) atoms. The predicted octanol–water partition coefficient (Wildman–Crippen LogP) is 5.16. The SMILES string of the molecule is COc1cccc(-c2ccc3nc(-c4ccc(Cl)cc4)c(CN4CCOCC4)n3c2)c1. The van der Waals surface area contributed by atoms with Gasteiger partial charge in [-0.25, -0.2) is 4.98 Å². The smallest absolute Gasteiger partial charge is 0.137 e. The molecule has 5 rings (SSSR count). The molecule has 0 bridgehead atoms. The van der Waals surface area contributed by atoms with Crippen molar-refractivity contribution >= 4 is 17.2 Å². The number of benzene rings is 2. The van der Waals surface area contributed by atoms with Gasteiger partial charge in [0.05, 0.1) is 31.7 Å². The average molecular weight is 434 g/mol. The van der Waals surface area contributed by atoms with Gasteiger partial charge >= 0.3 is 0 Å². The summed E-state index contributed by atoms with van der Waals surface area (Å²) in [5, 5.41) is 0.725. The fourth-order valence-corrected chi connectivity index (χ4v) is 4.15. The number of nitrogens with zero attached hydrogens (tertiary/aromatic N) is 3. The molecule has 1 saturated heterocycles. The van der Waals surface area contributed by atoms with Gasteiger partial charge in [-0.15, -0.1) is 0 Å². The van der Waals surface area contributed by atoms with Crippen molar-refractivity contribution in [3.8, 4) is 28.1 Å². The van der Waals surface area contributed by atoms with E-state index < -0.39 is 0 Å². The number of fused-ring (bicyclic) bond motifs is 1. The van der Waals surface area contributed by atoms with Crippen LogP contribution in [0.3, 0.4) is 0 Å². The Morgan fingerprint density at radius 3 is 2.52 bits per heavy atom. The first-order chi connectivity index (χ1) is 15.2. The number of hydrogen-bond donors (Lipinski definition) is 0. The van der Waals surface area contributed by atoms with Crippen LogP contribution in [0.2, 0.25) is 5.02 Å². The quantitative estimate of drug-likeness (QED) is 0.435. The third kappa shape index (κ3) is 4.17. The van der Waals surface area contributed by atoms with E-state index in [1.807, 2.05) is 36.4 Å². The number of methoxy groups -OCH3 is 1. The monoisotopic (exact) mass is 433 g/mol. The zero-order chi connectivity index (χ0) is 21.2. The number of rotatable bonds is 5. The maximum atomic E-state index is 6.13. The molecule has 0 unspecified atom stereocenters. The molecule has 3 heterocycles. The summed E-state index contributed by atoms with van der Waals surface area (Å²) in [6.07, 6.45) is 2.17. The highest BCUT2D eigenvalue weighted by Crippen LogP contribution is 2.30. The van der Waals surface area contributed by atoms with Crippen molar-refractivity contribution in [2.75, 3.05) is 33.4 Å². The minimum Gasteiger partial charge on any atom is -0.497 e. The lowest BCUT2D eigenvalue weighted by molar-refractivity contribution is 0.0336. The molecule has 2 aromatic heterocycles. The Bertz CT molecular complexity index is 1200. The van der Waals surface area contributed by atoms with Gasteiger partial charge in [0.1, 0.15) is 11.4 Å². The van der Waals surface area contributed by atoms with Gasteiger partial charge in [0.25, 0.3) is 0 Å². The molecule has 158 valence electrons. The zero-order valence-electron chi connectivity index (χ0n) is 17.4. The van der Waals surface area contributed by atoms with Crippen LogP contribution in [0.1, 0.15) is 5.69 Å². The average Bonchev–Trinajstić information content (AvgIpc) is 3.18. The van der Waals surface area contributed by atoms with Crippen LogP contribution in [0.4, 0.5) is 0 Å². The third-order valence-corrected chi connectivity index (χ3v) is 5.97. The van der Waals surface area contributed by atoms with Gasteiger partial charge in [0.2, 0.25) is 0 Å². The predicted molar refractivity (Wildman–Crippen MR) is 124 cm³/mol. The highest BCUT2D eigenvalue weighted by molar-refractivity contribution is 6.30. The lowest BCUT2D eigenvalue weighted by Crippen LogP contribution is -2.36. The van der Waals surface area contributed by atoms with Gasteiger partial charge in [-0.3, -0.25) is 4.90 Å². The van der Waals surface area contributed by atoms with Crippen LogP contribution in [0.15, 0.2) is 66.9 Å². The van der Waals surface area contributed by atoms with Crippen molar-refractivity contribution in [1.29, 1.82) is 0 Å². The van der Waals surface area contributed by atoms with E-state index in [1.165, 1.54) is 5.69 Å². The number of aromatic nitrogens is 2. The number of imidazole rings is 1. The molecule has 1 aliphatic rings. The van der Waals surface area contributed by atoms with E-state index in [1.54, 1.807) is 7.11 Å². The normalized spacial score (nSPS) is 14.8. The fourth-order valence-electron chi connectivity index (χ4n) is 4.03.